The molecule has 1 aromatic heterocycles. The van der Waals surface area contributed by atoms with E-state index >= 15 is 0 Å². The Kier molecular flexibility index (Phi) is 5.72. The zero-order valence-electron chi connectivity index (χ0n) is 15.0. The molecule has 0 unspecified atom stereocenters. The highest BCUT2D eigenvalue weighted by atomic mass is 32.3. The predicted octanol–water partition coefficient (Wildman–Crippen LogP) is 3.60. The van der Waals surface area contributed by atoms with E-state index in [4.69, 9.17) is 4.52 Å². The van der Waals surface area contributed by atoms with E-state index in [0.717, 1.165) is 31.4 Å². The molecule has 142 valence electrons. The third-order valence-electron chi connectivity index (χ3n) is 5.04. The third kappa shape index (κ3) is 4.55. The van der Waals surface area contributed by atoms with Gasteiger partial charge in [0.25, 0.3) is 5.91 Å². The normalized spacial score (nSPS) is 25.8. The molecule has 1 saturated heterocycles. The Bertz CT molecular complexity index is 602. The molecule has 25 heavy (non-hydrogen) atoms. The number of hydrogen-bond acceptors (Lipinski definition) is 6. The first-order valence-corrected chi connectivity index (χ1v) is 10.9. The number of nitrogens with zero attached hydrogens (tertiary/aromatic N) is 2. The zero-order valence-corrected chi connectivity index (χ0v) is 15.8. The second-order valence-electron chi connectivity index (χ2n) is 7.26. The third-order valence-corrected chi connectivity index (χ3v) is 7.17. The molecule has 0 bridgehead atoms. The Hall–Kier alpha value is -1.09. The largest absolute Gasteiger partial charge is 0.360 e. The van der Waals surface area contributed by atoms with E-state index in [1.54, 1.807) is 6.07 Å². The number of nitrogens with one attached hydrogen (secondary N) is 1. The van der Waals surface area contributed by atoms with Crippen LogP contribution in [0.1, 0.15) is 74.5 Å². The van der Waals surface area contributed by atoms with E-state index in [9.17, 15) is 13.9 Å². The highest BCUT2D eigenvalue weighted by Gasteiger charge is 2.34. The lowest BCUT2D eigenvalue weighted by Gasteiger charge is -2.49. The molecule has 1 amide bonds. The number of carbonyl (C=O) groups excluding carboxylic acids is 1. The molecular formula is C17H29N3O4S. The lowest BCUT2D eigenvalue weighted by molar-refractivity contribution is 0.0903. The average molecular weight is 372 g/mol. The smallest absolute Gasteiger partial charge is 0.273 e. The molecule has 0 spiro atoms. The summed E-state index contributed by atoms with van der Waals surface area (Å²) in [5, 5.41) is 6.89. The lowest BCUT2D eigenvalue weighted by Crippen LogP contribution is -2.49. The van der Waals surface area contributed by atoms with Crippen LogP contribution in [0.25, 0.3) is 0 Å². The number of rotatable bonds is 7. The molecule has 1 aliphatic carbocycles. The molecule has 2 fully saturated rings. The van der Waals surface area contributed by atoms with Gasteiger partial charge in [-0.2, -0.15) is 0 Å². The minimum absolute atomic E-state index is 0.0141. The fourth-order valence-corrected chi connectivity index (χ4v) is 5.36. The van der Waals surface area contributed by atoms with Gasteiger partial charge in [0.1, 0.15) is 5.76 Å². The number of carbonyl (C=O) groups is 1. The van der Waals surface area contributed by atoms with Gasteiger partial charge in [0, 0.05) is 30.6 Å². The number of hydrogen-bond donors (Lipinski definition) is 3. The predicted molar refractivity (Wildman–Crippen MR) is 97.8 cm³/mol. The number of piperidine rings is 1. The van der Waals surface area contributed by atoms with Crippen molar-refractivity contribution in [2.24, 2.45) is 0 Å². The van der Waals surface area contributed by atoms with Gasteiger partial charge < -0.3 is 9.84 Å². The number of amides is 1. The van der Waals surface area contributed by atoms with Crippen LogP contribution in [-0.2, 0) is 0 Å². The highest BCUT2D eigenvalue weighted by molar-refractivity contribution is 8.22. The molecule has 0 aromatic carbocycles. The van der Waals surface area contributed by atoms with Gasteiger partial charge in [-0.25, -0.2) is 4.31 Å². The second-order valence-corrected chi connectivity index (χ2v) is 9.40. The van der Waals surface area contributed by atoms with E-state index in [1.165, 1.54) is 0 Å². The van der Waals surface area contributed by atoms with E-state index in [2.05, 4.69) is 10.5 Å². The lowest BCUT2D eigenvalue weighted by atomic mass is 10.0. The molecule has 1 aliphatic heterocycles. The summed E-state index contributed by atoms with van der Waals surface area (Å²) in [7, 11) is -2.70. The minimum atomic E-state index is -2.70. The molecule has 3 N–H and O–H groups in total. The van der Waals surface area contributed by atoms with E-state index in [-0.39, 0.29) is 18.0 Å². The van der Waals surface area contributed by atoms with Crippen LogP contribution in [0.15, 0.2) is 10.6 Å². The fourth-order valence-electron chi connectivity index (χ4n) is 3.39. The van der Waals surface area contributed by atoms with Gasteiger partial charge >= 0.3 is 0 Å². The Morgan fingerprint density at radius 2 is 2.20 bits per heavy atom. The van der Waals surface area contributed by atoms with Crippen LogP contribution in [0.4, 0.5) is 0 Å². The van der Waals surface area contributed by atoms with Crippen molar-refractivity contribution in [1.29, 1.82) is 0 Å². The van der Waals surface area contributed by atoms with Crippen LogP contribution in [-0.4, -0.2) is 48.9 Å². The summed E-state index contributed by atoms with van der Waals surface area (Å²) in [5.74, 6) is 1.45. The van der Waals surface area contributed by atoms with Crippen molar-refractivity contribution in [1.82, 2.24) is 14.8 Å². The van der Waals surface area contributed by atoms with Crippen LogP contribution < -0.4 is 5.32 Å². The van der Waals surface area contributed by atoms with Crippen molar-refractivity contribution in [3.8, 4) is 0 Å². The molecule has 7 nitrogen and oxygen atoms in total. The molecule has 1 saturated carbocycles. The summed E-state index contributed by atoms with van der Waals surface area (Å²) < 4.78 is 27.9. The Morgan fingerprint density at radius 1 is 1.44 bits per heavy atom. The monoisotopic (exact) mass is 371 g/mol. The molecule has 8 heteroatoms. The molecule has 3 rings (SSSR count). The van der Waals surface area contributed by atoms with Crippen molar-refractivity contribution in [2.75, 3.05) is 12.3 Å². The summed E-state index contributed by atoms with van der Waals surface area (Å²) in [6.45, 7) is 4.60. The average Bonchev–Trinajstić information content (AvgIpc) is 3.29. The van der Waals surface area contributed by atoms with Crippen molar-refractivity contribution < 1.29 is 18.4 Å². The van der Waals surface area contributed by atoms with E-state index in [1.807, 2.05) is 18.2 Å². The summed E-state index contributed by atoms with van der Waals surface area (Å²) >= 11 is 0. The van der Waals surface area contributed by atoms with Gasteiger partial charge in [0.15, 0.2) is 5.69 Å². The first kappa shape index (κ1) is 18.7. The quantitative estimate of drug-likeness (QED) is 0.677. The summed E-state index contributed by atoms with van der Waals surface area (Å²) in [6, 6.07) is 1.77. The topological polar surface area (TPSA) is 98.8 Å². The van der Waals surface area contributed by atoms with Gasteiger partial charge in [-0.15, -0.1) is 10.8 Å². The molecule has 2 aliphatic rings. The zero-order chi connectivity index (χ0) is 18.0. The number of aromatic nitrogens is 1. The maximum absolute atomic E-state index is 12.4. The Morgan fingerprint density at radius 3 is 2.84 bits per heavy atom. The van der Waals surface area contributed by atoms with Gasteiger partial charge in [0.05, 0.1) is 5.75 Å². The number of unbranched alkanes of at least 4 members (excludes halogenated alkanes) is 1. The fraction of sp³-hybridized carbons (Fsp3) is 0.765. The second kappa shape index (κ2) is 7.65. The summed E-state index contributed by atoms with van der Waals surface area (Å²) in [4.78, 5) is 12.4. The molecule has 0 radical (unpaired) electrons. The Balaban J connectivity index is 1.52. The van der Waals surface area contributed by atoms with Crippen LogP contribution in [0, 0.1) is 0 Å². The van der Waals surface area contributed by atoms with Crippen molar-refractivity contribution in [3.63, 3.8) is 0 Å². The van der Waals surface area contributed by atoms with Gasteiger partial charge in [-0.1, -0.05) is 18.5 Å². The first-order chi connectivity index (χ1) is 11.9. The minimum Gasteiger partial charge on any atom is -0.360 e. The molecular weight excluding hydrogens is 342 g/mol. The summed E-state index contributed by atoms with van der Waals surface area (Å²) in [5.41, 5.74) is 0.337. The van der Waals surface area contributed by atoms with Gasteiger partial charge in [-0.05, 0) is 39.0 Å². The maximum atomic E-state index is 12.4. The summed E-state index contributed by atoms with van der Waals surface area (Å²) in [6.07, 6.45) is 5.36. The van der Waals surface area contributed by atoms with Crippen molar-refractivity contribution in [2.45, 2.75) is 70.4 Å². The molecule has 1 aromatic rings. The molecule has 2 atom stereocenters. The van der Waals surface area contributed by atoms with Crippen molar-refractivity contribution in [3.05, 3.63) is 17.5 Å². The Labute approximate surface area is 150 Å². The standard InChI is InChI=1S/C17H29N3O4S/c1-3-4-9-25(22,23)20-8-7-14(10-12(20)2)18-17(21)15-11-16(24-19-15)13-5-6-13/h11-14,22-23H,3-10H2,1-2H3,(H,18,21)/t12-,14-/m0/s1. The van der Waals surface area contributed by atoms with Crippen molar-refractivity contribution >= 4 is 16.7 Å². The maximum Gasteiger partial charge on any atom is 0.273 e. The van der Waals surface area contributed by atoms with Crippen LogP contribution in [0.5, 0.6) is 0 Å². The van der Waals surface area contributed by atoms with Gasteiger partial charge in [-0.3, -0.25) is 13.9 Å². The van der Waals surface area contributed by atoms with E-state index in [0.29, 0.717) is 36.8 Å². The molecule has 2 heterocycles. The van der Waals surface area contributed by atoms with Crippen LogP contribution in [0.3, 0.4) is 0 Å². The van der Waals surface area contributed by atoms with Crippen LogP contribution >= 0.6 is 10.8 Å². The van der Waals surface area contributed by atoms with E-state index < -0.39 is 10.8 Å². The SMILES string of the molecule is CCCCS(O)(O)N1CC[C@H](NC(=O)c2cc(C3CC3)on2)C[C@@H]1C. The first-order valence-electron chi connectivity index (χ1n) is 9.21. The van der Waals surface area contributed by atoms with Gasteiger partial charge in [0.2, 0.25) is 0 Å². The highest BCUT2D eigenvalue weighted by Crippen LogP contribution is 2.47. The van der Waals surface area contributed by atoms with Crippen LogP contribution in [0.2, 0.25) is 0 Å².